The number of nitrogens with zero attached hydrogens (tertiary/aromatic N) is 1. The first-order chi connectivity index (χ1) is 11.6. The van der Waals surface area contributed by atoms with E-state index in [1.165, 1.54) is 11.3 Å². The van der Waals surface area contributed by atoms with Crippen LogP contribution < -0.4 is 10.5 Å². The summed E-state index contributed by atoms with van der Waals surface area (Å²) in [6.07, 6.45) is 0.709. The van der Waals surface area contributed by atoms with E-state index in [1.54, 1.807) is 7.11 Å². The predicted molar refractivity (Wildman–Crippen MR) is 93.2 cm³/mol. The van der Waals surface area contributed by atoms with E-state index in [0.717, 1.165) is 27.4 Å². The van der Waals surface area contributed by atoms with E-state index in [-0.39, 0.29) is 5.92 Å². The minimum absolute atomic E-state index is 0.154. The molecule has 0 saturated carbocycles. The first-order valence-electron chi connectivity index (χ1n) is 7.65. The van der Waals surface area contributed by atoms with E-state index in [1.807, 2.05) is 25.1 Å². The summed E-state index contributed by atoms with van der Waals surface area (Å²) >= 11 is 1.33. The van der Waals surface area contributed by atoms with Crippen molar-refractivity contribution in [3.05, 3.63) is 33.6 Å². The molecule has 1 aromatic heterocycles. The lowest BCUT2D eigenvalue weighted by Crippen LogP contribution is -2.10. The second kappa shape index (κ2) is 7.04. The predicted octanol–water partition coefficient (Wildman–Crippen LogP) is 2.48. The minimum Gasteiger partial charge on any atom is -0.493 e. The standard InChI is InChI=1S/C18H18N2O3S/c1-11(10-22-2)3-4-12-5-6-14-13(9-12)16-15(7-8-23-14)24-18(20-16)17(19)21/h5-6,9,11H,7-8,10H2,1-2H3,(H2,19,21). The van der Waals surface area contributed by atoms with Gasteiger partial charge in [0.1, 0.15) is 5.75 Å². The number of hydrogen-bond acceptors (Lipinski definition) is 5. The fourth-order valence-corrected chi connectivity index (χ4v) is 3.42. The van der Waals surface area contributed by atoms with Crippen LogP contribution in [0.25, 0.3) is 11.3 Å². The number of carbonyl (C=O) groups excluding carboxylic acids is 1. The van der Waals surface area contributed by atoms with Crippen molar-refractivity contribution in [3.8, 4) is 28.8 Å². The molecule has 0 bridgehead atoms. The molecular weight excluding hydrogens is 324 g/mol. The first kappa shape index (κ1) is 16.5. The van der Waals surface area contributed by atoms with Crippen LogP contribution in [0.15, 0.2) is 18.2 Å². The molecule has 2 N–H and O–H groups in total. The highest BCUT2D eigenvalue weighted by Crippen LogP contribution is 2.37. The SMILES string of the molecule is COCC(C)C#Cc1ccc2c(c1)-c1nc(C(N)=O)sc1CCO2. The Bertz CT molecular complexity index is 833. The van der Waals surface area contributed by atoms with Gasteiger partial charge in [0.25, 0.3) is 5.91 Å². The van der Waals surface area contributed by atoms with Gasteiger partial charge in [-0.3, -0.25) is 4.79 Å². The van der Waals surface area contributed by atoms with Gasteiger partial charge >= 0.3 is 0 Å². The highest BCUT2D eigenvalue weighted by molar-refractivity contribution is 7.14. The highest BCUT2D eigenvalue weighted by Gasteiger charge is 2.22. The Kier molecular flexibility index (Phi) is 4.84. The second-order valence-electron chi connectivity index (χ2n) is 5.59. The first-order valence-corrected chi connectivity index (χ1v) is 8.47. The molecule has 1 aliphatic heterocycles. The summed E-state index contributed by atoms with van der Waals surface area (Å²) in [5.41, 5.74) is 7.88. The number of aromatic nitrogens is 1. The summed E-state index contributed by atoms with van der Waals surface area (Å²) in [5, 5.41) is 0.332. The van der Waals surface area contributed by atoms with Crippen molar-refractivity contribution in [2.45, 2.75) is 13.3 Å². The van der Waals surface area contributed by atoms with Crippen molar-refractivity contribution in [1.29, 1.82) is 0 Å². The number of primary amides is 1. The third-order valence-corrected chi connectivity index (χ3v) is 4.74. The van der Waals surface area contributed by atoms with Crippen LogP contribution in [0.5, 0.6) is 5.75 Å². The van der Waals surface area contributed by atoms with Crippen molar-refractivity contribution in [2.24, 2.45) is 11.7 Å². The largest absolute Gasteiger partial charge is 0.493 e. The van der Waals surface area contributed by atoms with E-state index in [0.29, 0.717) is 24.6 Å². The van der Waals surface area contributed by atoms with Gasteiger partial charge in [0.05, 0.1) is 18.9 Å². The molecule has 3 rings (SSSR count). The van der Waals surface area contributed by atoms with Crippen LogP contribution in [-0.2, 0) is 11.2 Å². The smallest absolute Gasteiger partial charge is 0.277 e. The Morgan fingerprint density at radius 1 is 1.54 bits per heavy atom. The van der Waals surface area contributed by atoms with Crippen LogP contribution >= 0.6 is 11.3 Å². The van der Waals surface area contributed by atoms with E-state index >= 15 is 0 Å². The highest BCUT2D eigenvalue weighted by atomic mass is 32.1. The Morgan fingerprint density at radius 2 is 2.38 bits per heavy atom. The van der Waals surface area contributed by atoms with Crippen molar-refractivity contribution < 1.29 is 14.3 Å². The molecule has 0 saturated heterocycles. The fourth-order valence-electron chi connectivity index (χ4n) is 2.51. The molecule has 1 unspecified atom stereocenters. The third-order valence-electron chi connectivity index (χ3n) is 3.61. The van der Waals surface area contributed by atoms with E-state index in [9.17, 15) is 4.79 Å². The molecule has 2 aromatic rings. The number of amides is 1. The molecule has 0 radical (unpaired) electrons. The zero-order chi connectivity index (χ0) is 17.1. The summed E-state index contributed by atoms with van der Waals surface area (Å²) in [6, 6.07) is 5.78. The maximum Gasteiger partial charge on any atom is 0.277 e. The van der Waals surface area contributed by atoms with Crippen LogP contribution in [0.4, 0.5) is 0 Å². The molecule has 1 aromatic carbocycles. The summed E-state index contributed by atoms with van der Waals surface area (Å²) in [5.74, 6) is 6.73. The average Bonchev–Trinajstić information content (AvgIpc) is 2.91. The Labute approximate surface area is 144 Å². The summed E-state index contributed by atoms with van der Waals surface area (Å²) < 4.78 is 10.9. The average molecular weight is 342 g/mol. The van der Waals surface area contributed by atoms with Crippen molar-refractivity contribution in [1.82, 2.24) is 4.98 Å². The molecule has 0 spiro atoms. The zero-order valence-corrected chi connectivity index (χ0v) is 14.4. The molecular formula is C18H18N2O3S. The van der Waals surface area contributed by atoms with Crippen molar-refractivity contribution in [3.63, 3.8) is 0 Å². The van der Waals surface area contributed by atoms with Crippen LogP contribution in [0.1, 0.15) is 27.2 Å². The zero-order valence-electron chi connectivity index (χ0n) is 13.6. The monoisotopic (exact) mass is 342 g/mol. The fraction of sp³-hybridized carbons (Fsp3) is 0.333. The lowest BCUT2D eigenvalue weighted by molar-refractivity contribution is 0.1000. The van der Waals surface area contributed by atoms with Gasteiger partial charge in [0.2, 0.25) is 0 Å². The van der Waals surface area contributed by atoms with E-state index < -0.39 is 5.91 Å². The molecule has 0 fully saturated rings. The number of benzene rings is 1. The second-order valence-corrected chi connectivity index (χ2v) is 6.67. The maximum atomic E-state index is 11.4. The quantitative estimate of drug-likeness (QED) is 0.870. The van der Waals surface area contributed by atoms with Crippen molar-refractivity contribution in [2.75, 3.05) is 20.3 Å². The number of thiazole rings is 1. The minimum atomic E-state index is -0.500. The van der Waals surface area contributed by atoms with Gasteiger partial charge < -0.3 is 15.2 Å². The van der Waals surface area contributed by atoms with Gasteiger partial charge in [-0.05, 0) is 25.1 Å². The van der Waals surface area contributed by atoms with Gasteiger partial charge in [0.15, 0.2) is 5.01 Å². The number of methoxy groups -OCH3 is 1. The Balaban J connectivity index is 2.01. The molecule has 1 atom stereocenters. The van der Waals surface area contributed by atoms with Crippen LogP contribution in [0, 0.1) is 17.8 Å². The number of fused-ring (bicyclic) bond motifs is 3. The molecule has 1 amide bonds. The van der Waals surface area contributed by atoms with Crippen molar-refractivity contribution >= 4 is 17.2 Å². The molecule has 0 aliphatic carbocycles. The van der Waals surface area contributed by atoms with E-state index in [4.69, 9.17) is 15.2 Å². The van der Waals surface area contributed by atoms with E-state index in [2.05, 4.69) is 16.8 Å². The summed E-state index contributed by atoms with van der Waals surface area (Å²) in [4.78, 5) is 16.9. The molecule has 124 valence electrons. The molecule has 5 nitrogen and oxygen atoms in total. The number of carbonyl (C=O) groups is 1. The lowest BCUT2D eigenvalue weighted by atomic mass is 10.1. The van der Waals surface area contributed by atoms with Gasteiger partial charge in [-0.1, -0.05) is 11.8 Å². The maximum absolute atomic E-state index is 11.4. The number of rotatable bonds is 3. The normalized spacial score (nSPS) is 13.6. The molecule has 1 aliphatic rings. The van der Waals surface area contributed by atoms with Gasteiger partial charge in [-0.2, -0.15) is 0 Å². The van der Waals surface area contributed by atoms with Crippen LogP contribution in [0.3, 0.4) is 0 Å². The molecule has 2 heterocycles. The number of nitrogens with two attached hydrogens (primary N) is 1. The van der Waals surface area contributed by atoms with Gasteiger partial charge in [0, 0.05) is 35.5 Å². The van der Waals surface area contributed by atoms with Crippen LogP contribution in [-0.4, -0.2) is 31.2 Å². The Hall–Kier alpha value is -2.36. The molecule has 24 heavy (non-hydrogen) atoms. The van der Waals surface area contributed by atoms with Gasteiger partial charge in [-0.25, -0.2) is 4.98 Å². The summed E-state index contributed by atoms with van der Waals surface area (Å²) in [7, 11) is 1.66. The van der Waals surface area contributed by atoms with Crippen LogP contribution in [0.2, 0.25) is 0 Å². The topological polar surface area (TPSA) is 74.4 Å². The van der Waals surface area contributed by atoms with Gasteiger partial charge in [-0.15, -0.1) is 11.3 Å². The lowest BCUT2D eigenvalue weighted by Gasteiger charge is -2.07. The number of hydrogen-bond donors (Lipinski definition) is 1. The molecule has 6 heteroatoms. The Morgan fingerprint density at radius 3 is 3.12 bits per heavy atom. The summed E-state index contributed by atoms with van der Waals surface area (Å²) in [6.45, 7) is 3.16. The number of ether oxygens (including phenoxy) is 2. The third kappa shape index (κ3) is 3.42.